The lowest BCUT2D eigenvalue weighted by Crippen LogP contribution is -1.75. The Labute approximate surface area is 70.0 Å². The molecule has 1 aliphatic rings. The smallest absolute Gasteiger partial charge is 0.0351 e. The van der Waals surface area contributed by atoms with Gasteiger partial charge in [0, 0.05) is 26.6 Å². The van der Waals surface area contributed by atoms with Crippen molar-refractivity contribution in [1.29, 1.82) is 0 Å². The Kier molecular flexibility index (Phi) is 19.1. The molecular formula is C9H19NO. The van der Waals surface area contributed by atoms with Crippen molar-refractivity contribution in [2.75, 3.05) is 14.2 Å². The van der Waals surface area contributed by atoms with Crippen LogP contribution in [0.25, 0.3) is 0 Å². The molecule has 0 spiro atoms. The second-order valence-electron chi connectivity index (χ2n) is 1.70. The molecule has 0 aromatic heterocycles. The minimum atomic E-state index is 1.12. The van der Waals surface area contributed by atoms with Gasteiger partial charge < -0.3 is 4.74 Å². The Balaban J connectivity index is 0. The maximum Gasteiger partial charge on any atom is 0.0351 e. The fraction of sp³-hybridized carbons (Fsp3) is 0.667. The zero-order chi connectivity index (χ0) is 8.95. The zero-order valence-electron chi connectivity index (χ0n) is 8.00. The van der Waals surface area contributed by atoms with Crippen LogP contribution in [-0.2, 0) is 4.74 Å². The minimum Gasteiger partial charge on any atom is -0.388 e. The van der Waals surface area contributed by atoms with Crippen LogP contribution in [0.3, 0.4) is 0 Å². The van der Waals surface area contributed by atoms with Crippen molar-refractivity contribution in [3.05, 3.63) is 12.3 Å². The molecular weight excluding hydrogens is 138 g/mol. The monoisotopic (exact) mass is 157 g/mol. The lowest BCUT2D eigenvalue weighted by atomic mass is 10.3. The Morgan fingerprint density at radius 2 is 1.73 bits per heavy atom. The number of nitrogens with zero attached hydrogens (tertiary/aromatic N) is 1. The molecule has 1 heterocycles. The Bertz CT molecular complexity index is 85.7. The van der Waals surface area contributed by atoms with E-state index in [0.29, 0.717) is 0 Å². The number of methoxy groups -OCH3 is 1. The Hall–Kier alpha value is -0.630. The van der Waals surface area contributed by atoms with E-state index in [2.05, 4.69) is 15.8 Å². The summed E-state index contributed by atoms with van der Waals surface area (Å²) in [5, 5.41) is 0. The topological polar surface area (TPSA) is 21.6 Å². The van der Waals surface area contributed by atoms with Gasteiger partial charge in [-0.2, -0.15) is 0 Å². The zero-order valence-corrected chi connectivity index (χ0v) is 8.00. The predicted molar refractivity (Wildman–Crippen MR) is 51.1 cm³/mol. The van der Waals surface area contributed by atoms with Gasteiger partial charge in [-0.3, -0.25) is 4.99 Å². The molecule has 0 aliphatic carbocycles. The van der Waals surface area contributed by atoms with Crippen molar-refractivity contribution in [3.8, 4) is 0 Å². The van der Waals surface area contributed by atoms with E-state index < -0.39 is 0 Å². The van der Waals surface area contributed by atoms with E-state index in [1.807, 2.05) is 26.3 Å². The molecule has 1 rings (SSSR count). The van der Waals surface area contributed by atoms with Gasteiger partial charge in [0.2, 0.25) is 0 Å². The van der Waals surface area contributed by atoms with Gasteiger partial charge in [-0.15, -0.1) is 0 Å². The van der Waals surface area contributed by atoms with Crippen LogP contribution >= 0.6 is 0 Å². The molecule has 0 N–H and O–H groups in total. The first-order chi connectivity index (χ1) is 5.41. The maximum atomic E-state index is 4.25. The molecule has 0 amide bonds. The molecule has 0 bridgehead atoms. The maximum absolute atomic E-state index is 4.25. The number of rotatable bonds is 0. The van der Waals surface area contributed by atoms with Gasteiger partial charge in [-0.1, -0.05) is 19.9 Å². The summed E-state index contributed by atoms with van der Waals surface area (Å²) in [6, 6.07) is 0. The Morgan fingerprint density at radius 3 is 1.82 bits per heavy atom. The second kappa shape index (κ2) is 16.2. The molecule has 66 valence electrons. The largest absolute Gasteiger partial charge is 0.388 e. The van der Waals surface area contributed by atoms with Crippen LogP contribution in [0.5, 0.6) is 0 Å². The van der Waals surface area contributed by atoms with Crippen LogP contribution in [0.1, 0.15) is 26.7 Å². The molecule has 2 heteroatoms. The molecule has 0 unspecified atom stereocenters. The van der Waals surface area contributed by atoms with Crippen molar-refractivity contribution in [3.63, 3.8) is 0 Å². The standard InChI is InChI=1S/C5H7N.C2H6O.C2H6/c1-2-4-6-5-3-1;1-3-2;1-2/h2,4-5H,1,3H2;1-2H3;1-2H3. The average Bonchev–Trinajstić information content (AvgIpc) is 2.12. The fourth-order valence-corrected chi connectivity index (χ4v) is 0.442. The third-order valence-electron chi connectivity index (χ3n) is 0.759. The minimum absolute atomic E-state index is 1.12. The fourth-order valence-electron chi connectivity index (χ4n) is 0.442. The predicted octanol–water partition coefficient (Wildman–Crippen LogP) is 2.65. The molecule has 0 radical (unpaired) electrons. The number of aliphatic imine (C=N–C) groups is 1. The molecule has 0 aromatic carbocycles. The van der Waals surface area contributed by atoms with Crippen LogP contribution in [0, 0.1) is 0 Å². The first-order valence-electron chi connectivity index (χ1n) is 3.98. The van der Waals surface area contributed by atoms with Gasteiger partial charge in [0.05, 0.1) is 0 Å². The summed E-state index contributed by atoms with van der Waals surface area (Å²) >= 11 is 0. The molecule has 2 nitrogen and oxygen atoms in total. The number of hydrogen-bond donors (Lipinski definition) is 0. The summed E-state index contributed by atoms with van der Waals surface area (Å²) in [5.74, 6) is 0. The van der Waals surface area contributed by atoms with Crippen molar-refractivity contribution in [2.45, 2.75) is 26.7 Å². The third kappa shape index (κ3) is 17.6. The molecule has 11 heavy (non-hydrogen) atoms. The highest BCUT2D eigenvalue weighted by atomic mass is 16.4. The van der Waals surface area contributed by atoms with E-state index in [1.54, 1.807) is 14.2 Å². The van der Waals surface area contributed by atoms with Gasteiger partial charge >= 0.3 is 0 Å². The van der Waals surface area contributed by atoms with E-state index in [-0.39, 0.29) is 0 Å². The highest BCUT2D eigenvalue weighted by Crippen LogP contribution is 1.92. The SMILES string of the molecule is C1=CN=CCC1.CC.COC. The lowest BCUT2D eigenvalue weighted by Gasteiger charge is -1.87. The second-order valence-corrected chi connectivity index (χ2v) is 1.70. The Morgan fingerprint density at radius 1 is 1.18 bits per heavy atom. The summed E-state index contributed by atoms with van der Waals surface area (Å²) in [6.45, 7) is 4.00. The van der Waals surface area contributed by atoms with Crippen LogP contribution in [0.4, 0.5) is 0 Å². The van der Waals surface area contributed by atoms with Crippen LogP contribution in [-0.4, -0.2) is 20.4 Å². The molecule has 0 atom stereocenters. The van der Waals surface area contributed by atoms with Crippen molar-refractivity contribution >= 4 is 6.21 Å². The van der Waals surface area contributed by atoms with Crippen molar-refractivity contribution in [1.82, 2.24) is 0 Å². The summed E-state index contributed by atoms with van der Waals surface area (Å²) in [5.41, 5.74) is 0. The van der Waals surface area contributed by atoms with E-state index in [9.17, 15) is 0 Å². The molecule has 0 saturated carbocycles. The molecule has 0 fully saturated rings. The van der Waals surface area contributed by atoms with Crippen molar-refractivity contribution in [2.24, 2.45) is 4.99 Å². The van der Waals surface area contributed by atoms with E-state index in [1.165, 1.54) is 6.42 Å². The lowest BCUT2D eigenvalue weighted by molar-refractivity contribution is 0.277. The number of allylic oxidation sites excluding steroid dienone is 1. The summed E-state index contributed by atoms with van der Waals surface area (Å²) in [4.78, 5) is 3.87. The molecule has 0 aromatic rings. The summed E-state index contributed by atoms with van der Waals surface area (Å²) in [7, 11) is 3.25. The quantitative estimate of drug-likeness (QED) is 0.529. The van der Waals surface area contributed by atoms with E-state index >= 15 is 0 Å². The van der Waals surface area contributed by atoms with Crippen molar-refractivity contribution < 1.29 is 4.74 Å². The van der Waals surface area contributed by atoms with Gasteiger partial charge in [0.25, 0.3) is 0 Å². The first kappa shape index (κ1) is 13.0. The number of ether oxygens (including phenoxy) is 1. The average molecular weight is 157 g/mol. The summed E-state index contributed by atoms with van der Waals surface area (Å²) in [6.07, 6.45) is 8.13. The van der Waals surface area contributed by atoms with E-state index in [4.69, 9.17) is 0 Å². The third-order valence-corrected chi connectivity index (χ3v) is 0.759. The van der Waals surface area contributed by atoms with Gasteiger partial charge in [0.1, 0.15) is 0 Å². The van der Waals surface area contributed by atoms with Crippen LogP contribution in [0.15, 0.2) is 17.3 Å². The highest BCUT2D eigenvalue weighted by molar-refractivity contribution is 5.59. The first-order valence-corrected chi connectivity index (χ1v) is 3.98. The molecule has 0 saturated heterocycles. The van der Waals surface area contributed by atoms with Gasteiger partial charge in [-0.25, -0.2) is 0 Å². The molecule has 1 aliphatic heterocycles. The van der Waals surface area contributed by atoms with Crippen LogP contribution < -0.4 is 0 Å². The van der Waals surface area contributed by atoms with Gasteiger partial charge in [-0.05, 0) is 12.8 Å². The highest BCUT2D eigenvalue weighted by Gasteiger charge is 1.78. The normalized spacial score (nSPS) is 12.4. The van der Waals surface area contributed by atoms with Gasteiger partial charge in [0.15, 0.2) is 0 Å². The van der Waals surface area contributed by atoms with E-state index in [0.717, 1.165) is 6.42 Å². The summed E-state index contributed by atoms with van der Waals surface area (Å²) < 4.78 is 4.25. The van der Waals surface area contributed by atoms with Crippen LogP contribution in [0.2, 0.25) is 0 Å². The number of hydrogen-bond acceptors (Lipinski definition) is 2.